The van der Waals surface area contributed by atoms with Gasteiger partial charge in [-0.15, -0.1) is 0 Å². The van der Waals surface area contributed by atoms with Crippen molar-refractivity contribution in [2.45, 2.75) is 6.61 Å². The fourth-order valence-corrected chi connectivity index (χ4v) is 1.59. The van der Waals surface area contributed by atoms with E-state index in [1.165, 1.54) is 18.2 Å². The summed E-state index contributed by atoms with van der Waals surface area (Å²) in [5.41, 5.74) is 5.70. The maximum atomic E-state index is 13.3. The lowest BCUT2D eigenvalue weighted by molar-refractivity contribution is -0.384. The summed E-state index contributed by atoms with van der Waals surface area (Å²) in [4.78, 5) is 10.1. The molecule has 0 bridgehead atoms. The molecule has 0 atom stereocenters. The molecule has 2 aromatic rings. The number of ether oxygens (including phenoxy) is 1. The third-order valence-electron chi connectivity index (χ3n) is 2.58. The highest BCUT2D eigenvalue weighted by Gasteiger charge is 2.12. The zero-order valence-corrected chi connectivity index (χ0v) is 10.2. The van der Waals surface area contributed by atoms with Gasteiger partial charge < -0.3 is 10.5 Å². The van der Waals surface area contributed by atoms with Gasteiger partial charge in [0.15, 0.2) is 11.6 Å². The Morgan fingerprint density at radius 1 is 1.20 bits per heavy atom. The molecule has 0 fully saturated rings. The smallest absolute Gasteiger partial charge is 0.292 e. The van der Waals surface area contributed by atoms with Crippen LogP contribution in [0.5, 0.6) is 5.75 Å². The lowest BCUT2D eigenvalue weighted by Crippen LogP contribution is -2.01. The van der Waals surface area contributed by atoms with Gasteiger partial charge in [0, 0.05) is 12.1 Å². The summed E-state index contributed by atoms with van der Waals surface area (Å²) < 4.78 is 31.2. The van der Waals surface area contributed by atoms with Crippen molar-refractivity contribution < 1.29 is 18.4 Å². The van der Waals surface area contributed by atoms with Crippen LogP contribution in [0.15, 0.2) is 36.4 Å². The van der Waals surface area contributed by atoms with Crippen molar-refractivity contribution in [3.05, 3.63) is 63.7 Å². The Kier molecular flexibility index (Phi) is 3.79. The summed E-state index contributed by atoms with van der Waals surface area (Å²) in [5, 5.41) is 10.7. The van der Waals surface area contributed by atoms with E-state index in [0.717, 1.165) is 12.1 Å². The molecule has 5 nitrogen and oxygen atoms in total. The summed E-state index contributed by atoms with van der Waals surface area (Å²) in [6.45, 7) is -0.0936. The van der Waals surface area contributed by atoms with E-state index >= 15 is 0 Å². The molecule has 0 radical (unpaired) electrons. The number of nitrogens with zero attached hydrogens (tertiary/aromatic N) is 1. The van der Waals surface area contributed by atoms with Crippen LogP contribution in [0.25, 0.3) is 0 Å². The molecule has 0 unspecified atom stereocenters. The van der Waals surface area contributed by atoms with Crippen LogP contribution in [0.1, 0.15) is 5.56 Å². The third kappa shape index (κ3) is 3.00. The first-order valence-corrected chi connectivity index (χ1v) is 5.58. The molecule has 0 aliphatic rings. The molecule has 2 N–H and O–H groups in total. The minimum atomic E-state index is -0.838. The van der Waals surface area contributed by atoms with Crippen LogP contribution in [0.2, 0.25) is 0 Å². The van der Waals surface area contributed by atoms with Gasteiger partial charge in [0.05, 0.1) is 4.92 Å². The van der Waals surface area contributed by atoms with E-state index in [1.54, 1.807) is 0 Å². The number of halogens is 2. The maximum absolute atomic E-state index is 13.3. The zero-order chi connectivity index (χ0) is 14.7. The molecular formula is C13H10F2N2O3. The lowest BCUT2D eigenvalue weighted by atomic mass is 10.2. The van der Waals surface area contributed by atoms with Crippen molar-refractivity contribution in [2.75, 3.05) is 5.73 Å². The number of nitro groups is 1. The fraction of sp³-hybridized carbons (Fsp3) is 0.0769. The van der Waals surface area contributed by atoms with Gasteiger partial charge in [0.2, 0.25) is 0 Å². The Morgan fingerprint density at radius 3 is 2.60 bits per heavy atom. The van der Waals surface area contributed by atoms with Crippen LogP contribution >= 0.6 is 0 Å². The SMILES string of the molecule is Nc1ccc(COc2ccc(F)cc2F)cc1[N+](=O)[O-]. The number of benzene rings is 2. The Morgan fingerprint density at radius 2 is 1.95 bits per heavy atom. The first-order chi connectivity index (χ1) is 9.47. The van der Waals surface area contributed by atoms with E-state index in [4.69, 9.17) is 10.5 Å². The number of nitrogens with two attached hydrogens (primary N) is 1. The van der Waals surface area contributed by atoms with Gasteiger partial charge in [-0.2, -0.15) is 0 Å². The summed E-state index contributed by atoms with van der Waals surface area (Å²) in [6, 6.07) is 7.05. The third-order valence-corrected chi connectivity index (χ3v) is 2.58. The van der Waals surface area contributed by atoms with E-state index in [2.05, 4.69) is 0 Å². The molecule has 20 heavy (non-hydrogen) atoms. The van der Waals surface area contributed by atoms with Crippen LogP contribution < -0.4 is 10.5 Å². The number of nitro benzene ring substituents is 1. The zero-order valence-electron chi connectivity index (χ0n) is 10.2. The Balaban J connectivity index is 2.15. The van der Waals surface area contributed by atoms with Crippen LogP contribution in [0, 0.1) is 21.7 Å². The number of hydrogen-bond donors (Lipinski definition) is 1. The number of hydrogen-bond acceptors (Lipinski definition) is 4. The predicted molar refractivity (Wildman–Crippen MR) is 68.2 cm³/mol. The van der Waals surface area contributed by atoms with Gasteiger partial charge in [0.25, 0.3) is 5.69 Å². The molecule has 0 saturated heterocycles. The molecular weight excluding hydrogens is 270 g/mol. The highest BCUT2D eigenvalue weighted by atomic mass is 19.1. The standard InChI is InChI=1S/C13H10F2N2O3/c14-9-2-4-13(10(15)6-9)20-7-8-1-3-11(16)12(5-8)17(18)19/h1-6H,7,16H2. The average Bonchev–Trinajstić information content (AvgIpc) is 2.39. The summed E-state index contributed by atoms with van der Waals surface area (Å²) in [6.07, 6.45) is 0. The highest BCUT2D eigenvalue weighted by Crippen LogP contribution is 2.24. The topological polar surface area (TPSA) is 78.4 Å². The number of rotatable bonds is 4. The van der Waals surface area contributed by atoms with Gasteiger partial charge in [-0.1, -0.05) is 6.07 Å². The molecule has 2 rings (SSSR count). The Hall–Kier alpha value is -2.70. The second kappa shape index (κ2) is 5.52. The molecule has 0 heterocycles. The van der Waals surface area contributed by atoms with Crippen LogP contribution in [0.4, 0.5) is 20.2 Å². The first kappa shape index (κ1) is 13.7. The molecule has 2 aromatic carbocycles. The Labute approximate surface area is 112 Å². The normalized spacial score (nSPS) is 10.3. The molecule has 0 aliphatic carbocycles. The van der Waals surface area contributed by atoms with E-state index in [0.29, 0.717) is 11.6 Å². The molecule has 104 valence electrons. The van der Waals surface area contributed by atoms with Crippen LogP contribution in [-0.4, -0.2) is 4.92 Å². The lowest BCUT2D eigenvalue weighted by Gasteiger charge is -2.07. The van der Waals surface area contributed by atoms with Gasteiger partial charge >= 0.3 is 0 Å². The van der Waals surface area contributed by atoms with Crippen molar-refractivity contribution in [1.82, 2.24) is 0 Å². The second-order valence-corrected chi connectivity index (χ2v) is 4.01. The second-order valence-electron chi connectivity index (χ2n) is 4.01. The van der Waals surface area contributed by atoms with Gasteiger partial charge in [-0.25, -0.2) is 8.78 Å². The van der Waals surface area contributed by atoms with Crippen molar-refractivity contribution >= 4 is 11.4 Å². The molecule has 0 amide bonds. The summed E-state index contributed by atoms with van der Waals surface area (Å²) >= 11 is 0. The quantitative estimate of drug-likeness (QED) is 0.530. The van der Waals surface area contributed by atoms with Gasteiger partial charge in [-0.05, 0) is 23.8 Å². The maximum Gasteiger partial charge on any atom is 0.292 e. The van der Waals surface area contributed by atoms with Crippen molar-refractivity contribution in [3.63, 3.8) is 0 Å². The summed E-state index contributed by atoms with van der Waals surface area (Å²) in [7, 11) is 0. The van der Waals surface area contributed by atoms with E-state index < -0.39 is 16.6 Å². The predicted octanol–water partition coefficient (Wildman–Crippen LogP) is 3.03. The monoisotopic (exact) mass is 280 g/mol. The largest absolute Gasteiger partial charge is 0.486 e. The van der Waals surface area contributed by atoms with E-state index in [1.807, 2.05) is 0 Å². The summed E-state index contributed by atoms with van der Waals surface area (Å²) in [5.74, 6) is -1.68. The van der Waals surface area contributed by atoms with Crippen LogP contribution in [0.3, 0.4) is 0 Å². The van der Waals surface area contributed by atoms with Crippen molar-refractivity contribution in [1.29, 1.82) is 0 Å². The Bertz CT molecular complexity index is 662. The minimum Gasteiger partial charge on any atom is -0.486 e. The average molecular weight is 280 g/mol. The first-order valence-electron chi connectivity index (χ1n) is 5.58. The van der Waals surface area contributed by atoms with E-state index in [-0.39, 0.29) is 23.7 Å². The van der Waals surface area contributed by atoms with Crippen molar-refractivity contribution in [3.8, 4) is 5.75 Å². The number of anilines is 1. The van der Waals surface area contributed by atoms with Gasteiger partial charge in [0.1, 0.15) is 18.1 Å². The number of nitrogen functional groups attached to an aromatic ring is 1. The highest BCUT2D eigenvalue weighted by molar-refractivity contribution is 5.59. The molecule has 0 saturated carbocycles. The van der Waals surface area contributed by atoms with Crippen LogP contribution in [-0.2, 0) is 6.61 Å². The molecule has 0 spiro atoms. The van der Waals surface area contributed by atoms with Gasteiger partial charge in [-0.3, -0.25) is 10.1 Å². The molecule has 7 heteroatoms. The molecule has 0 aliphatic heterocycles. The van der Waals surface area contributed by atoms with Crippen molar-refractivity contribution in [2.24, 2.45) is 0 Å². The van der Waals surface area contributed by atoms with E-state index in [9.17, 15) is 18.9 Å². The fourth-order valence-electron chi connectivity index (χ4n) is 1.59. The molecule has 0 aromatic heterocycles. The minimum absolute atomic E-state index is 0.0340.